The van der Waals surface area contributed by atoms with Crippen molar-refractivity contribution < 1.29 is 4.79 Å². The van der Waals surface area contributed by atoms with Crippen molar-refractivity contribution in [3.8, 4) is 11.1 Å². The van der Waals surface area contributed by atoms with Gasteiger partial charge < -0.3 is 9.88 Å². The molecule has 0 fully saturated rings. The van der Waals surface area contributed by atoms with Crippen LogP contribution in [0.3, 0.4) is 0 Å². The number of benzene rings is 2. The summed E-state index contributed by atoms with van der Waals surface area (Å²) < 4.78 is 1.93. The molecule has 6 heteroatoms. The standard InChI is InChI=1S/C20H22N4OS/c1-4-26-20-23-22-18(24(20)3)14(2)21-19(25)17-12-10-16(11-13-17)15-8-6-5-7-9-15/h5-14H,4H2,1-3H3,(H,21,25)/t14-/m0/s1. The first-order chi connectivity index (χ1) is 12.6. The summed E-state index contributed by atoms with van der Waals surface area (Å²) in [5.41, 5.74) is 2.85. The first-order valence-electron chi connectivity index (χ1n) is 8.58. The molecule has 5 nitrogen and oxygen atoms in total. The van der Waals surface area contributed by atoms with Gasteiger partial charge in [-0.15, -0.1) is 10.2 Å². The van der Waals surface area contributed by atoms with E-state index in [0.29, 0.717) is 5.56 Å². The van der Waals surface area contributed by atoms with Crippen LogP contribution in [0.15, 0.2) is 59.8 Å². The molecule has 3 aromatic rings. The van der Waals surface area contributed by atoms with Crippen LogP contribution >= 0.6 is 11.8 Å². The van der Waals surface area contributed by atoms with Crippen LogP contribution in [0.5, 0.6) is 0 Å². The number of hydrogen-bond donors (Lipinski definition) is 1. The number of carbonyl (C=O) groups excluding carboxylic acids is 1. The van der Waals surface area contributed by atoms with E-state index in [-0.39, 0.29) is 11.9 Å². The molecule has 0 spiro atoms. The summed E-state index contributed by atoms with van der Waals surface area (Å²) in [6.45, 7) is 3.99. The smallest absolute Gasteiger partial charge is 0.251 e. The van der Waals surface area contributed by atoms with Gasteiger partial charge in [-0.25, -0.2) is 0 Å². The Balaban J connectivity index is 1.70. The summed E-state index contributed by atoms with van der Waals surface area (Å²) in [5.74, 6) is 1.56. The molecule has 0 aliphatic rings. The molecule has 134 valence electrons. The van der Waals surface area contributed by atoms with Gasteiger partial charge in [0.2, 0.25) is 0 Å². The largest absolute Gasteiger partial charge is 0.342 e. The molecule has 0 saturated carbocycles. The third-order valence-corrected chi connectivity index (χ3v) is 5.03. The number of hydrogen-bond acceptors (Lipinski definition) is 4. The lowest BCUT2D eigenvalue weighted by atomic mass is 10.0. The average Bonchev–Trinajstić information content (AvgIpc) is 3.03. The highest BCUT2D eigenvalue weighted by molar-refractivity contribution is 7.99. The third-order valence-electron chi connectivity index (χ3n) is 4.13. The zero-order chi connectivity index (χ0) is 18.5. The second-order valence-electron chi connectivity index (χ2n) is 5.97. The van der Waals surface area contributed by atoms with Crippen LogP contribution in [-0.4, -0.2) is 26.4 Å². The summed E-state index contributed by atoms with van der Waals surface area (Å²) >= 11 is 1.63. The minimum Gasteiger partial charge on any atom is -0.342 e. The van der Waals surface area contributed by atoms with Crippen LogP contribution in [-0.2, 0) is 7.05 Å². The van der Waals surface area contributed by atoms with Gasteiger partial charge in [-0.2, -0.15) is 0 Å². The van der Waals surface area contributed by atoms with Gasteiger partial charge in [0.25, 0.3) is 5.91 Å². The Hall–Kier alpha value is -2.60. The van der Waals surface area contributed by atoms with Gasteiger partial charge in [0.1, 0.15) is 0 Å². The van der Waals surface area contributed by atoms with E-state index in [0.717, 1.165) is 27.9 Å². The minimum atomic E-state index is -0.222. The molecule has 0 aliphatic carbocycles. The molecular weight excluding hydrogens is 344 g/mol. The summed E-state index contributed by atoms with van der Waals surface area (Å²) in [7, 11) is 1.92. The van der Waals surface area contributed by atoms with Gasteiger partial charge in [-0.1, -0.05) is 61.2 Å². The molecule has 0 unspecified atom stereocenters. The van der Waals surface area contributed by atoms with E-state index in [9.17, 15) is 4.79 Å². The van der Waals surface area contributed by atoms with Crippen LogP contribution < -0.4 is 5.32 Å². The molecule has 2 aromatic carbocycles. The molecule has 26 heavy (non-hydrogen) atoms. The normalized spacial score (nSPS) is 12.0. The fraction of sp³-hybridized carbons (Fsp3) is 0.250. The quantitative estimate of drug-likeness (QED) is 0.668. The van der Waals surface area contributed by atoms with Crippen LogP contribution in [0.1, 0.15) is 36.1 Å². The van der Waals surface area contributed by atoms with Crippen molar-refractivity contribution in [1.29, 1.82) is 0 Å². The molecular formula is C20H22N4OS. The molecule has 0 bridgehead atoms. The fourth-order valence-corrected chi connectivity index (χ4v) is 3.39. The van der Waals surface area contributed by atoms with Crippen molar-refractivity contribution >= 4 is 17.7 Å². The lowest BCUT2D eigenvalue weighted by Gasteiger charge is -2.14. The van der Waals surface area contributed by atoms with Gasteiger partial charge in [-0.3, -0.25) is 4.79 Å². The van der Waals surface area contributed by atoms with Crippen molar-refractivity contribution in [2.24, 2.45) is 7.05 Å². The molecule has 0 aliphatic heterocycles. The van der Waals surface area contributed by atoms with Crippen molar-refractivity contribution in [2.75, 3.05) is 5.75 Å². The number of carbonyl (C=O) groups is 1. The number of rotatable bonds is 6. The molecule has 0 saturated heterocycles. The Morgan fingerprint density at radius 3 is 2.38 bits per heavy atom. The molecule has 1 atom stereocenters. The monoisotopic (exact) mass is 366 g/mol. The number of nitrogens with zero attached hydrogens (tertiary/aromatic N) is 3. The maximum Gasteiger partial charge on any atom is 0.251 e. The maximum absolute atomic E-state index is 12.5. The van der Waals surface area contributed by atoms with Gasteiger partial charge in [0.15, 0.2) is 11.0 Å². The van der Waals surface area contributed by atoms with E-state index in [1.807, 2.05) is 61.0 Å². The summed E-state index contributed by atoms with van der Waals surface area (Å²) in [6, 6.07) is 17.5. The van der Waals surface area contributed by atoms with E-state index in [1.165, 1.54) is 0 Å². The summed E-state index contributed by atoms with van der Waals surface area (Å²) in [5, 5.41) is 12.2. The zero-order valence-electron chi connectivity index (χ0n) is 15.1. The minimum absolute atomic E-state index is 0.121. The van der Waals surface area contributed by atoms with E-state index in [4.69, 9.17) is 0 Å². The Bertz CT molecular complexity index is 875. The highest BCUT2D eigenvalue weighted by Gasteiger charge is 2.18. The van der Waals surface area contributed by atoms with E-state index in [2.05, 4.69) is 34.6 Å². The van der Waals surface area contributed by atoms with Crippen molar-refractivity contribution in [1.82, 2.24) is 20.1 Å². The molecule has 1 heterocycles. The molecule has 1 amide bonds. The Morgan fingerprint density at radius 1 is 1.08 bits per heavy atom. The molecule has 3 rings (SSSR count). The van der Waals surface area contributed by atoms with Crippen molar-refractivity contribution in [2.45, 2.75) is 25.0 Å². The molecule has 1 N–H and O–H groups in total. The number of thioether (sulfide) groups is 1. The van der Waals surface area contributed by atoms with Crippen LogP contribution in [0.25, 0.3) is 11.1 Å². The van der Waals surface area contributed by atoms with Crippen LogP contribution in [0, 0.1) is 0 Å². The van der Waals surface area contributed by atoms with Crippen molar-refractivity contribution in [3.63, 3.8) is 0 Å². The average molecular weight is 366 g/mol. The number of amides is 1. The van der Waals surface area contributed by atoms with E-state index >= 15 is 0 Å². The van der Waals surface area contributed by atoms with Crippen LogP contribution in [0.4, 0.5) is 0 Å². The summed E-state index contributed by atoms with van der Waals surface area (Å²) in [4.78, 5) is 12.5. The van der Waals surface area contributed by atoms with Crippen molar-refractivity contribution in [3.05, 3.63) is 66.0 Å². The molecule has 1 aromatic heterocycles. The van der Waals surface area contributed by atoms with E-state index in [1.54, 1.807) is 11.8 Å². The molecule has 0 radical (unpaired) electrons. The van der Waals surface area contributed by atoms with Crippen LogP contribution in [0.2, 0.25) is 0 Å². The summed E-state index contributed by atoms with van der Waals surface area (Å²) in [6.07, 6.45) is 0. The predicted molar refractivity (Wildman–Crippen MR) is 105 cm³/mol. The third kappa shape index (κ3) is 3.96. The first-order valence-corrected chi connectivity index (χ1v) is 9.57. The van der Waals surface area contributed by atoms with E-state index < -0.39 is 0 Å². The lowest BCUT2D eigenvalue weighted by Crippen LogP contribution is -2.28. The highest BCUT2D eigenvalue weighted by Crippen LogP contribution is 2.21. The number of nitrogens with one attached hydrogen (secondary N) is 1. The Labute approximate surface area is 157 Å². The fourth-order valence-electron chi connectivity index (χ4n) is 2.75. The zero-order valence-corrected chi connectivity index (χ0v) is 16.0. The Morgan fingerprint density at radius 2 is 1.73 bits per heavy atom. The van der Waals surface area contributed by atoms with Gasteiger partial charge in [0, 0.05) is 12.6 Å². The first kappa shape index (κ1) is 18.2. The predicted octanol–water partition coefficient (Wildman–Crippen LogP) is 4.09. The topological polar surface area (TPSA) is 59.8 Å². The lowest BCUT2D eigenvalue weighted by molar-refractivity contribution is 0.0937. The van der Waals surface area contributed by atoms with Gasteiger partial charge >= 0.3 is 0 Å². The van der Waals surface area contributed by atoms with Gasteiger partial charge in [-0.05, 0) is 35.9 Å². The number of aromatic nitrogens is 3. The Kier molecular flexibility index (Phi) is 5.73. The maximum atomic E-state index is 12.5. The van der Waals surface area contributed by atoms with Gasteiger partial charge in [0.05, 0.1) is 6.04 Å². The highest BCUT2D eigenvalue weighted by atomic mass is 32.2. The second kappa shape index (κ2) is 8.19. The second-order valence-corrected chi connectivity index (χ2v) is 7.20. The SMILES string of the molecule is CCSc1nnc([C@H](C)NC(=O)c2ccc(-c3ccccc3)cc2)n1C.